The van der Waals surface area contributed by atoms with E-state index < -0.39 is 0 Å². The molecule has 2 aliphatic rings. The van der Waals surface area contributed by atoms with Crippen LogP contribution in [0.2, 0.25) is 0 Å². The van der Waals surface area contributed by atoms with Crippen molar-refractivity contribution in [3.63, 3.8) is 0 Å². The zero-order valence-electron chi connectivity index (χ0n) is 15.6. The van der Waals surface area contributed by atoms with Crippen molar-refractivity contribution in [1.29, 1.82) is 0 Å². The summed E-state index contributed by atoms with van der Waals surface area (Å²) in [7, 11) is 1.67. The summed E-state index contributed by atoms with van der Waals surface area (Å²) >= 11 is 0. The fourth-order valence-corrected chi connectivity index (χ4v) is 3.72. The van der Waals surface area contributed by atoms with Crippen LogP contribution in [-0.4, -0.2) is 66.7 Å². The molecular formula is C21H25N3O3. The molecule has 1 fully saturated rings. The Morgan fingerprint density at radius 2 is 2.11 bits per heavy atom. The number of morpholine rings is 1. The van der Waals surface area contributed by atoms with E-state index >= 15 is 0 Å². The molecule has 2 aliphatic heterocycles. The van der Waals surface area contributed by atoms with Crippen LogP contribution >= 0.6 is 0 Å². The number of ether oxygens (including phenoxy) is 2. The van der Waals surface area contributed by atoms with E-state index in [0.717, 1.165) is 42.0 Å². The number of benzene rings is 1. The fourth-order valence-electron chi connectivity index (χ4n) is 3.72. The lowest BCUT2D eigenvalue weighted by Crippen LogP contribution is -2.47. The van der Waals surface area contributed by atoms with E-state index in [0.29, 0.717) is 26.2 Å². The Kier molecular flexibility index (Phi) is 5.36. The molecule has 1 saturated heterocycles. The lowest BCUT2D eigenvalue weighted by molar-refractivity contribution is -0.133. The van der Waals surface area contributed by atoms with Crippen LogP contribution in [0.15, 0.2) is 42.5 Å². The van der Waals surface area contributed by atoms with Gasteiger partial charge in [0.2, 0.25) is 5.91 Å². The molecule has 4 rings (SSSR count). The van der Waals surface area contributed by atoms with Crippen molar-refractivity contribution in [2.75, 3.05) is 40.0 Å². The summed E-state index contributed by atoms with van der Waals surface area (Å²) in [4.78, 5) is 21.6. The van der Waals surface area contributed by atoms with Gasteiger partial charge >= 0.3 is 0 Å². The van der Waals surface area contributed by atoms with Crippen molar-refractivity contribution in [1.82, 2.24) is 14.8 Å². The van der Waals surface area contributed by atoms with E-state index in [9.17, 15) is 4.79 Å². The van der Waals surface area contributed by atoms with E-state index in [4.69, 9.17) is 14.5 Å². The van der Waals surface area contributed by atoms with Crippen LogP contribution in [0.4, 0.5) is 0 Å². The topological polar surface area (TPSA) is 54.9 Å². The first kappa shape index (κ1) is 17.9. The van der Waals surface area contributed by atoms with E-state index in [-0.39, 0.29) is 11.9 Å². The van der Waals surface area contributed by atoms with E-state index in [1.165, 1.54) is 0 Å². The number of aromatic nitrogens is 1. The second kappa shape index (κ2) is 8.06. The van der Waals surface area contributed by atoms with Gasteiger partial charge in [-0.05, 0) is 12.1 Å². The second-order valence-corrected chi connectivity index (χ2v) is 7.01. The first-order valence-electron chi connectivity index (χ1n) is 9.42. The minimum absolute atomic E-state index is 0.0852. The van der Waals surface area contributed by atoms with Crippen molar-refractivity contribution in [2.24, 2.45) is 0 Å². The minimum atomic E-state index is 0.0852. The number of nitrogens with zero attached hydrogens (tertiary/aromatic N) is 3. The predicted octanol–water partition coefficient (Wildman–Crippen LogP) is 2.23. The Balaban J connectivity index is 1.49. The number of fused-ring (bicyclic) bond motifs is 1. The molecule has 0 N–H and O–H groups in total. The Bertz CT molecular complexity index is 844. The van der Waals surface area contributed by atoms with Crippen LogP contribution in [0.3, 0.4) is 0 Å². The van der Waals surface area contributed by atoms with Gasteiger partial charge in [0.15, 0.2) is 0 Å². The number of pyridine rings is 1. The van der Waals surface area contributed by atoms with Crippen LogP contribution < -0.4 is 4.74 Å². The highest BCUT2D eigenvalue weighted by Crippen LogP contribution is 2.24. The molecule has 1 aromatic heterocycles. The van der Waals surface area contributed by atoms with Gasteiger partial charge in [-0.2, -0.15) is 0 Å². The molecule has 0 unspecified atom stereocenters. The molecule has 0 radical (unpaired) electrons. The zero-order chi connectivity index (χ0) is 18.6. The van der Waals surface area contributed by atoms with Crippen molar-refractivity contribution < 1.29 is 14.3 Å². The largest absolute Gasteiger partial charge is 0.494 e. The molecule has 1 atom stereocenters. The van der Waals surface area contributed by atoms with Gasteiger partial charge in [-0.1, -0.05) is 30.4 Å². The third kappa shape index (κ3) is 3.96. The first-order chi connectivity index (χ1) is 13.2. The lowest BCUT2D eigenvalue weighted by Gasteiger charge is -2.35. The molecule has 27 heavy (non-hydrogen) atoms. The van der Waals surface area contributed by atoms with Crippen LogP contribution in [0, 0.1) is 0 Å². The van der Waals surface area contributed by atoms with Gasteiger partial charge < -0.3 is 14.4 Å². The van der Waals surface area contributed by atoms with E-state index in [1.807, 2.05) is 35.3 Å². The maximum absolute atomic E-state index is 12.5. The van der Waals surface area contributed by atoms with Crippen molar-refractivity contribution >= 4 is 16.8 Å². The average molecular weight is 367 g/mol. The quantitative estimate of drug-likeness (QED) is 0.759. The highest BCUT2D eigenvalue weighted by Gasteiger charge is 2.28. The summed E-state index contributed by atoms with van der Waals surface area (Å²) in [5.41, 5.74) is 1.86. The minimum Gasteiger partial charge on any atom is -0.494 e. The van der Waals surface area contributed by atoms with Crippen molar-refractivity contribution in [3.8, 4) is 5.75 Å². The van der Waals surface area contributed by atoms with Gasteiger partial charge in [0.25, 0.3) is 0 Å². The Morgan fingerprint density at radius 3 is 2.93 bits per heavy atom. The van der Waals surface area contributed by atoms with Gasteiger partial charge in [-0.3, -0.25) is 9.69 Å². The number of hydrogen-bond donors (Lipinski definition) is 0. The Morgan fingerprint density at radius 1 is 1.26 bits per heavy atom. The molecular weight excluding hydrogens is 342 g/mol. The molecule has 1 amide bonds. The molecule has 2 aromatic rings. The molecule has 0 bridgehead atoms. The van der Waals surface area contributed by atoms with Crippen LogP contribution in [0.5, 0.6) is 5.75 Å². The highest BCUT2D eigenvalue weighted by molar-refractivity contribution is 5.84. The fraction of sp³-hybridized carbons (Fsp3) is 0.429. The first-order valence-corrected chi connectivity index (χ1v) is 9.42. The second-order valence-electron chi connectivity index (χ2n) is 7.01. The molecule has 1 aromatic carbocycles. The summed E-state index contributed by atoms with van der Waals surface area (Å²) in [6.07, 6.45) is 4.57. The summed E-state index contributed by atoms with van der Waals surface area (Å²) in [6.45, 7) is 4.23. The van der Waals surface area contributed by atoms with Crippen LogP contribution in [0.25, 0.3) is 10.9 Å². The lowest BCUT2D eigenvalue weighted by atomic mass is 10.1. The maximum atomic E-state index is 12.5. The molecule has 0 saturated carbocycles. The van der Waals surface area contributed by atoms with E-state index in [1.54, 1.807) is 7.11 Å². The Labute approximate surface area is 159 Å². The third-order valence-electron chi connectivity index (χ3n) is 5.26. The van der Waals surface area contributed by atoms with Gasteiger partial charge in [-0.15, -0.1) is 0 Å². The normalized spacial score (nSPS) is 20.3. The van der Waals surface area contributed by atoms with Crippen LogP contribution in [0.1, 0.15) is 12.1 Å². The number of rotatable bonds is 5. The highest BCUT2D eigenvalue weighted by atomic mass is 16.5. The average Bonchev–Trinajstić information content (AvgIpc) is 3.24. The number of amides is 1. The molecule has 0 aliphatic carbocycles. The van der Waals surface area contributed by atoms with Gasteiger partial charge in [0.05, 0.1) is 26.0 Å². The summed E-state index contributed by atoms with van der Waals surface area (Å²) < 4.78 is 11.1. The number of carbonyl (C=O) groups excluding carboxylic acids is 1. The Hall–Kier alpha value is -2.44. The van der Waals surface area contributed by atoms with Gasteiger partial charge in [0.1, 0.15) is 11.3 Å². The molecule has 6 heteroatoms. The molecule has 3 heterocycles. The van der Waals surface area contributed by atoms with Crippen molar-refractivity contribution in [2.45, 2.75) is 19.0 Å². The number of methoxy groups -OCH3 is 1. The predicted molar refractivity (Wildman–Crippen MR) is 104 cm³/mol. The summed E-state index contributed by atoms with van der Waals surface area (Å²) in [6, 6.07) is 10.2. The summed E-state index contributed by atoms with van der Waals surface area (Å²) in [5, 5.41) is 1.06. The smallest absolute Gasteiger partial charge is 0.224 e. The van der Waals surface area contributed by atoms with E-state index in [2.05, 4.69) is 17.0 Å². The summed E-state index contributed by atoms with van der Waals surface area (Å²) in [5.74, 6) is 0.971. The molecule has 6 nitrogen and oxygen atoms in total. The standard InChI is InChI=1S/C21H25N3O3/c1-26-19-6-4-5-16-7-8-17(22-21(16)19)14-24-11-12-27-15-18(24)13-20(25)23-9-2-3-10-23/h2-8,18H,9-15H2,1H3/t18-/m0/s1. The third-order valence-corrected chi connectivity index (χ3v) is 5.26. The van der Waals surface area contributed by atoms with Crippen molar-refractivity contribution in [3.05, 3.63) is 48.2 Å². The number of carbonyl (C=O) groups is 1. The molecule has 0 spiro atoms. The van der Waals surface area contributed by atoms with Crippen LogP contribution in [-0.2, 0) is 16.1 Å². The maximum Gasteiger partial charge on any atom is 0.224 e. The van der Waals surface area contributed by atoms with Gasteiger partial charge in [-0.25, -0.2) is 4.98 Å². The zero-order valence-corrected chi connectivity index (χ0v) is 15.6. The monoisotopic (exact) mass is 367 g/mol. The molecule has 142 valence electrons. The number of hydrogen-bond acceptors (Lipinski definition) is 5. The SMILES string of the molecule is COc1cccc2ccc(CN3CCOC[C@@H]3CC(=O)N3CC=CC3)nc12. The number of para-hydroxylation sites is 1. The van der Waals surface area contributed by atoms with Gasteiger partial charge in [0, 0.05) is 44.0 Å².